The summed E-state index contributed by atoms with van der Waals surface area (Å²) in [5.74, 6) is 0.396. The number of halogens is 1. The molecule has 1 amide bonds. The summed E-state index contributed by atoms with van der Waals surface area (Å²) in [5.41, 5.74) is 1.61. The molecular formula is C23H22FN3O2S. The van der Waals surface area contributed by atoms with Gasteiger partial charge in [-0.2, -0.15) is 5.26 Å². The lowest BCUT2D eigenvalue weighted by Crippen LogP contribution is -2.49. The molecule has 30 heavy (non-hydrogen) atoms. The van der Waals surface area contributed by atoms with E-state index >= 15 is 0 Å². The Morgan fingerprint density at radius 3 is 2.47 bits per heavy atom. The molecule has 1 saturated heterocycles. The molecule has 2 heterocycles. The number of aryl methyl sites for hydroxylation is 1. The number of carbonyl (C=O) groups is 1. The van der Waals surface area contributed by atoms with E-state index in [1.165, 1.54) is 17.4 Å². The fraction of sp³-hybridized carbons (Fsp3) is 0.304. The smallest absolute Gasteiger partial charge is 0.264 e. The van der Waals surface area contributed by atoms with Crippen LogP contribution >= 0.6 is 11.3 Å². The van der Waals surface area contributed by atoms with Gasteiger partial charge in [0.05, 0.1) is 18.1 Å². The molecule has 7 heteroatoms. The van der Waals surface area contributed by atoms with Gasteiger partial charge in [0, 0.05) is 36.3 Å². The summed E-state index contributed by atoms with van der Waals surface area (Å²) in [4.78, 5) is 17.6. The van der Waals surface area contributed by atoms with Crippen molar-refractivity contribution in [1.82, 2.24) is 9.80 Å². The minimum absolute atomic E-state index is 0.0642. The fourth-order valence-electron chi connectivity index (χ4n) is 3.94. The summed E-state index contributed by atoms with van der Waals surface area (Å²) in [7, 11) is 1.61. The first-order chi connectivity index (χ1) is 14.5. The van der Waals surface area contributed by atoms with Crippen LogP contribution in [0.4, 0.5) is 4.39 Å². The topological polar surface area (TPSA) is 56.6 Å². The van der Waals surface area contributed by atoms with Crippen molar-refractivity contribution in [3.05, 3.63) is 64.3 Å². The number of amides is 1. The average molecular weight is 424 g/mol. The molecule has 0 saturated carbocycles. The van der Waals surface area contributed by atoms with Crippen molar-refractivity contribution in [2.45, 2.75) is 13.0 Å². The van der Waals surface area contributed by atoms with Crippen LogP contribution < -0.4 is 4.74 Å². The Kier molecular flexibility index (Phi) is 5.71. The van der Waals surface area contributed by atoms with E-state index in [0.717, 1.165) is 16.0 Å². The van der Waals surface area contributed by atoms with Crippen LogP contribution in [0.2, 0.25) is 0 Å². The summed E-state index contributed by atoms with van der Waals surface area (Å²) in [6.07, 6.45) is 0. The number of hydrogen-bond donors (Lipinski definition) is 0. The number of carbonyl (C=O) groups excluding carboxylic acids is 1. The van der Waals surface area contributed by atoms with Gasteiger partial charge in [0.1, 0.15) is 17.6 Å². The number of thiophene rings is 1. The molecule has 1 unspecified atom stereocenters. The van der Waals surface area contributed by atoms with Crippen LogP contribution in [-0.4, -0.2) is 49.0 Å². The predicted molar refractivity (Wildman–Crippen MR) is 115 cm³/mol. The Labute approximate surface area is 178 Å². The molecule has 3 aromatic rings. The van der Waals surface area contributed by atoms with Gasteiger partial charge in [0.25, 0.3) is 5.91 Å². The van der Waals surface area contributed by atoms with Gasteiger partial charge in [-0.1, -0.05) is 18.2 Å². The van der Waals surface area contributed by atoms with Gasteiger partial charge in [-0.05, 0) is 42.3 Å². The van der Waals surface area contributed by atoms with E-state index in [4.69, 9.17) is 4.74 Å². The van der Waals surface area contributed by atoms with Gasteiger partial charge in [-0.15, -0.1) is 11.3 Å². The molecule has 1 fully saturated rings. The molecule has 0 aliphatic carbocycles. The van der Waals surface area contributed by atoms with Gasteiger partial charge in [-0.25, -0.2) is 4.39 Å². The second-order valence-electron chi connectivity index (χ2n) is 7.30. The summed E-state index contributed by atoms with van der Waals surface area (Å²) in [5, 5.41) is 10.3. The lowest BCUT2D eigenvalue weighted by molar-refractivity contribution is 0.0610. The molecule has 0 radical (unpaired) electrons. The lowest BCUT2D eigenvalue weighted by Gasteiger charge is -2.37. The van der Waals surface area contributed by atoms with Crippen molar-refractivity contribution >= 4 is 27.3 Å². The Bertz CT molecular complexity index is 1110. The van der Waals surface area contributed by atoms with Gasteiger partial charge >= 0.3 is 0 Å². The molecule has 1 aliphatic rings. The van der Waals surface area contributed by atoms with Crippen LogP contribution in [0.15, 0.2) is 42.5 Å². The quantitative estimate of drug-likeness (QED) is 0.625. The van der Waals surface area contributed by atoms with Gasteiger partial charge in [0.15, 0.2) is 0 Å². The lowest BCUT2D eigenvalue weighted by atomic mass is 10.1. The molecule has 2 aromatic carbocycles. The van der Waals surface area contributed by atoms with E-state index in [1.807, 2.05) is 30.3 Å². The molecule has 1 aliphatic heterocycles. The van der Waals surface area contributed by atoms with Crippen molar-refractivity contribution in [3.63, 3.8) is 0 Å². The first-order valence-corrected chi connectivity index (χ1v) is 10.6. The average Bonchev–Trinajstić information content (AvgIpc) is 3.12. The highest BCUT2D eigenvalue weighted by Gasteiger charge is 2.29. The second-order valence-corrected chi connectivity index (χ2v) is 8.35. The van der Waals surface area contributed by atoms with Crippen molar-refractivity contribution < 1.29 is 13.9 Å². The number of rotatable bonds is 4. The standard InChI is InChI=1S/C23H22FN3O2S/c1-15-21-18(24)4-3-5-20(21)30-22(15)23(28)27-12-10-26(11-13-27)19(14-25)16-6-8-17(29-2)9-7-16/h3-9,19H,10-13H2,1-2H3. The van der Waals surface area contributed by atoms with E-state index < -0.39 is 0 Å². The van der Waals surface area contributed by atoms with E-state index in [9.17, 15) is 14.4 Å². The SMILES string of the molecule is COc1ccc(C(C#N)N2CCN(C(=O)c3sc4cccc(F)c4c3C)CC2)cc1. The summed E-state index contributed by atoms with van der Waals surface area (Å²) >= 11 is 1.34. The van der Waals surface area contributed by atoms with Crippen LogP contribution in [0, 0.1) is 24.1 Å². The van der Waals surface area contributed by atoms with Gasteiger partial charge < -0.3 is 9.64 Å². The summed E-state index contributed by atoms with van der Waals surface area (Å²) < 4.78 is 20.2. The number of methoxy groups -OCH3 is 1. The third-order valence-corrected chi connectivity index (χ3v) is 6.86. The number of piperazine rings is 1. The molecule has 154 valence electrons. The molecule has 5 nitrogen and oxygen atoms in total. The predicted octanol–water partition coefficient (Wildman–Crippen LogP) is 4.38. The number of ether oxygens (including phenoxy) is 1. The molecule has 1 atom stereocenters. The fourth-order valence-corrected chi connectivity index (χ4v) is 5.13. The Hall–Kier alpha value is -2.95. The molecule has 0 bridgehead atoms. The third-order valence-electron chi connectivity index (χ3n) is 5.62. The number of benzene rings is 2. The Morgan fingerprint density at radius 2 is 1.87 bits per heavy atom. The monoisotopic (exact) mass is 423 g/mol. The van der Waals surface area contributed by atoms with Crippen LogP contribution in [0.1, 0.15) is 26.8 Å². The molecule has 0 N–H and O–H groups in total. The zero-order valence-corrected chi connectivity index (χ0v) is 17.7. The maximum Gasteiger partial charge on any atom is 0.264 e. The van der Waals surface area contributed by atoms with Crippen LogP contribution in [0.3, 0.4) is 0 Å². The number of nitrogens with zero attached hydrogens (tertiary/aromatic N) is 3. The van der Waals surface area contributed by atoms with Gasteiger partial charge in [-0.3, -0.25) is 9.69 Å². The summed E-state index contributed by atoms with van der Waals surface area (Å²) in [6.45, 7) is 4.08. The van der Waals surface area contributed by atoms with Crippen LogP contribution in [0.5, 0.6) is 5.75 Å². The number of fused-ring (bicyclic) bond motifs is 1. The molecule has 1 aromatic heterocycles. The first-order valence-electron chi connectivity index (χ1n) is 9.78. The second kappa shape index (κ2) is 8.42. The molecule has 4 rings (SSSR count). The number of hydrogen-bond acceptors (Lipinski definition) is 5. The Morgan fingerprint density at radius 1 is 1.17 bits per heavy atom. The normalized spacial score (nSPS) is 15.7. The van der Waals surface area contributed by atoms with Gasteiger partial charge in [0.2, 0.25) is 0 Å². The van der Waals surface area contributed by atoms with E-state index in [1.54, 1.807) is 25.0 Å². The number of nitriles is 1. The molecular weight excluding hydrogens is 401 g/mol. The van der Waals surface area contributed by atoms with Crippen LogP contribution in [-0.2, 0) is 0 Å². The highest BCUT2D eigenvalue weighted by atomic mass is 32.1. The van der Waals surface area contributed by atoms with Crippen molar-refractivity contribution in [2.75, 3.05) is 33.3 Å². The molecule has 0 spiro atoms. The van der Waals surface area contributed by atoms with E-state index in [-0.39, 0.29) is 17.8 Å². The maximum atomic E-state index is 14.2. The van der Waals surface area contributed by atoms with Crippen molar-refractivity contribution in [1.29, 1.82) is 5.26 Å². The minimum atomic E-state index is -0.367. The highest BCUT2D eigenvalue weighted by Crippen LogP contribution is 2.34. The van der Waals surface area contributed by atoms with Crippen molar-refractivity contribution in [3.8, 4) is 11.8 Å². The highest BCUT2D eigenvalue weighted by molar-refractivity contribution is 7.21. The zero-order valence-electron chi connectivity index (χ0n) is 16.9. The largest absolute Gasteiger partial charge is 0.497 e. The van der Waals surface area contributed by atoms with Crippen LogP contribution in [0.25, 0.3) is 10.1 Å². The van der Waals surface area contributed by atoms with E-state index in [2.05, 4.69) is 11.0 Å². The first kappa shape index (κ1) is 20.3. The summed E-state index contributed by atoms with van der Waals surface area (Å²) in [6, 6.07) is 14.5. The zero-order chi connectivity index (χ0) is 21.3. The maximum absolute atomic E-state index is 14.2. The Balaban J connectivity index is 1.47. The van der Waals surface area contributed by atoms with E-state index in [0.29, 0.717) is 42.0 Å². The minimum Gasteiger partial charge on any atom is -0.497 e. The van der Waals surface area contributed by atoms with Crippen molar-refractivity contribution in [2.24, 2.45) is 0 Å². The third kappa shape index (κ3) is 3.64.